The van der Waals surface area contributed by atoms with Crippen LogP contribution in [0, 0.1) is 0 Å². The Labute approximate surface area is 573 Å². The second-order valence-electron chi connectivity index (χ2n) is 26.3. The number of esters is 4. The Kier molecular flexibility index (Phi) is 67.2. The first kappa shape index (κ1) is 91.5. The summed E-state index contributed by atoms with van der Waals surface area (Å²) < 4.78 is 68.4. The van der Waals surface area contributed by atoms with E-state index in [1.807, 2.05) is 0 Å². The standard InChI is InChI=1S/C75H142O17P2/c1-5-9-13-17-21-25-29-32-34-37-40-43-47-51-55-59-72(77)85-65-70(91-74(79)61-57-53-49-45-39-28-24-20-16-12-8-4)67-89-93(81,82)87-63-69(76)64-88-94(83,84)90-68-71(92-75(80)62-58-54-50-46-42-36-31-27-23-19-15-11-7-3)66-86-73(78)60-56-52-48-44-41-38-35-33-30-26-22-18-14-10-6-2/h32-35,69-71,76H,5-31,36-68H2,1-4H3,(H,81,82)(H,83,84)/b34-32-,35-33-. The van der Waals surface area contributed by atoms with Crippen molar-refractivity contribution in [1.29, 1.82) is 0 Å². The van der Waals surface area contributed by atoms with Crippen molar-refractivity contribution in [1.82, 2.24) is 0 Å². The zero-order chi connectivity index (χ0) is 69.0. The van der Waals surface area contributed by atoms with Crippen molar-refractivity contribution < 1.29 is 80.2 Å². The minimum atomic E-state index is -4.96. The summed E-state index contributed by atoms with van der Waals surface area (Å²) in [5.41, 5.74) is 0. The number of phosphoric ester groups is 2. The molecule has 0 aromatic heterocycles. The van der Waals surface area contributed by atoms with Gasteiger partial charge in [-0.15, -0.1) is 0 Å². The number of carbonyl (C=O) groups is 4. The molecule has 0 fully saturated rings. The smallest absolute Gasteiger partial charge is 0.462 e. The van der Waals surface area contributed by atoms with Crippen LogP contribution in [0.3, 0.4) is 0 Å². The molecule has 0 bridgehead atoms. The lowest BCUT2D eigenvalue weighted by Gasteiger charge is -2.21. The fourth-order valence-electron chi connectivity index (χ4n) is 11.0. The third-order valence-electron chi connectivity index (χ3n) is 16.9. The van der Waals surface area contributed by atoms with E-state index in [-0.39, 0.29) is 25.7 Å². The molecule has 0 aromatic carbocycles. The van der Waals surface area contributed by atoms with Crippen molar-refractivity contribution in [2.45, 2.75) is 393 Å². The number of aliphatic hydroxyl groups is 1. The van der Waals surface area contributed by atoms with E-state index in [1.54, 1.807) is 0 Å². The van der Waals surface area contributed by atoms with Crippen LogP contribution in [0.15, 0.2) is 24.3 Å². The molecule has 0 aliphatic carbocycles. The van der Waals surface area contributed by atoms with Crippen molar-refractivity contribution in [2.75, 3.05) is 39.6 Å². The van der Waals surface area contributed by atoms with E-state index in [0.717, 1.165) is 128 Å². The van der Waals surface area contributed by atoms with Gasteiger partial charge in [0.15, 0.2) is 12.2 Å². The number of hydrogen-bond donors (Lipinski definition) is 3. The average Bonchev–Trinajstić information content (AvgIpc) is 1.35. The van der Waals surface area contributed by atoms with Crippen LogP contribution in [-0.2, 0) is 65.4 Å². The first-order valence-electron chi connectivity index (χ1n) is 38.6. The highest BCUT2D eigenvalue weighted by molar-refractivity contribution is 7.47. The van der Waals surface area contributed by atoms with Gasteiger partial charge in [-0.1, -0.05) is 296 Å². The van der Waals surface area contributed by atoms with Crippen molar-refractivity contribution in [3.8, 4) is 0 Å². The van der Waals surface area contributed by atoms with Crippen molar-refractivity contribution in [2.24, 2.45) is 0 Å². The van der Waals surface area contributed by atoms with Crippen LogP contribution in [0.2, 0.25) is 0 Å². The van der Waals surface area contributed by atoms with Crippen molar-refractivity contribution in [3.63, 3.8) is 0 Å². The second kappa shape index (κ2) is 69.0. The number of rotatable bonds is 74. The van der Waals surface area contributed by atoms with Gasteiger partial charge in [-0.2, -0.15) is 0 Å². The van der Waals surface area contributed by atoms with Gasteiger partial charge in [-0.05, 0) is 77.0 Å². The predicted molar refractivity (Wildman–Crippen MR) is 381 cm³/mol. The quantitative estimate of drug-likeness (QED) is 0.0169. The van der Waals surface area contributed by atoms with Gasteiger partial charge >= 0.3 is 39.5 Å². The zero-order valence-electron chi connectivity index (χ0n) is 60.4. The van der Waals surface area contributed by atoms with Gasteiger partial charge in [0.05, 0.1) is 26.4 Å². The third kappa shape index (κ3) is 68.1. The van der Waals surface area contributed by atoms with E-state index in [2.05, 4.69) is 52.0 Å². The number of phosphoric acid groups is 2. The molecule has 0 saturated heterocycles. The SMILES string of the molecule is CCCCCCCC/C=C\CCCCCCCC(=O)OCC(COP(=O)(O)OCC(O)COP(=O)(O)OCC(COC(=O)CCCCCCC/C=C\CCCCCCCC)OC(=O)CCCCCCCCCCCCCCC)OC(=O)CCCCCCCCCCCCC. The molecule has 17 nitrogen and oxygen atoms in total. The van der Waals surface area contributed by atoms with Crippen LogP contribution in [0.25, 0.3) is 0 Å². The molecule has 554 valence electrons. The van der Waals surface area contributed by atoms with E-state index in [0.29, 0.717) is 25.7 Å². The van der Waals surface area contributed by atoms with Gasteiger partial charge in [0, 0.05) is 25.7 Å². The summed E-state index contributed by atoms with van der Waals surface area (Å²) in [5, 5.41) is 10.6. The van der Waals surface area contributed by atoms with E-state index >= 15 is 0 Å². The highest BCUT2D eigenvalue weighted by atomic mass is 31.2. The monoisotopic (exact) mass is 1380 g/mol. The minimum Gasteiger partial charge on any atom is -0.462 e. The highest BCUT2D eigenvalue weighted by Gasteiger charge is 2.30. The number of ether oxygens (including phenoxy) is 4. The molecule has 3 N–H and O–H groups in total. The third-order valence-corrected chi connectivity index (χ3v) is 18.8. The van der Waals surface area contributed by atoms with Gasteiger partial charge in [-0.25, -0.2) is 9.13 Å². The van der Waals surface area contributed by atoms with Crippen LogP contribution < -0.4 is 0 Å². The topological polar surface area (TPSA) is 237 Å². The maximum Gasteiger partial charge on any atom is 0.472 e. The molecule has 0 rings (SSSR count). The molecular formula is C75H142O17P2. The van der Waals surface area contributed by atoms with Crippen LogP contribution in [-0.4, -0.2) is 96.7 Å². The van der Waals surface area contributed by atoms with E-state index in [4.69, 9.17) is 37.0 Å². The molecule has 0 aromatic rings. The van der Waals surface area contributed by atoms with E-state index < -0.39 is 97.5 Å². The first-order valence-corrected chi connectivity index (χ1v) is 41.6. The molecule has 0 aliphatic rings. The van der Waals surface area contributed by atoms with Gasteiger partial charge in [0.2, 0.25) is 0 Å². The molecular weight excluding hydrogens is 1230 g/mol. The van der Waals surface area contributed by atoms with Crippen LogP contribution in [0.1, 0.15) is 374 Å². The summed E-state index contributed by atoms with van der Waals surface area (Å²) in [6.45, 7) is 4.92. The number of hydrogen-bond acceptors (Lipinski definition) is 15. The minimum absolute atomic E-state index is 0.103. The lowest BCUT2D eigenvalue weighted by atomic mass is 10.0. The molecule has 19 heteroatoms. The normalized spacial score (nSPS) is 14.1. The number of unbranched alkanes of at least 4 members (excludes halogenated alkanes) is 44. The fourth-order valence-corrected chi connectivity index (χ4v) is 12.6. The molecule has 94 heavy (non-hydrogen) atoms. The van der Waals surface area contributed by atoms with Gasteiger partial charge in [0.25, 0.3) is 0 Å². The Hall–Kier alpha value is -2.46. The fraction of sp³-hybridized carbons (Fsp3) is 0.893. The second-order valence-corrected chi connectivity index (χ2v) is 29.2. The molecule has 0 radical (unpaired) electrons. The summed E-state index contributed by atoms with van der Waals surface area (Å²) in [7, 11) is -9.92. The highest BCUT2D eigenvalue weighted by Crippen LogP contribution is 2.45. The lowest BCUT2D eigenvalue weighted by molar-refractivity contribution is -0.161. The predicted octanol–water partition coefficient (Wildman–Crippen LogP) is 21.8. The number of aliphatic hydroxyl groups excluding tert-OH is 1. The summed E-state index contributed by atoms with van der Waals surface area (Å²) in [6.07, 6.45) is 61.6. The molecule has 0 amide bonds. The molecule has 0 spiro atoms. The van der Waals surface area contributed by atoms with Gasteiger partial charge in [0.1, 0.15) is 19.3 Å². The maximum atomic E-state index is 13.1. The molecule has 0 saturated carbocycles. The summed E-state index contributed by atoms with van der Waals surface area (Å²) in [5.74, 6) is -2.15. The largest absolute Gasteiger partial charge is 0.472 e. The van der Waals surface area contributed by atoms with Crippen molar-refractivity contribution >= 4 is 39.5 Å². The van der Waals surface area contributed by atoms with Gasteiger partial charge in [-0.3, -0.25) is 37.3 Å². The summed E-state index contributed by atoms with van der Waals surface area (Å²) in [6, 6.07) is 0. The lowest BCUT2D eigenvalue weighted by Crippen LogP contribution is -2.30. The number of carbonyl (C=O) groups excluding carboxylic acids is 4. The Morgan fingerprint density at radius 3 is 0.734 bits per heavy atom. The molecule has 0 heterocycles. The number of allylic oxidation sites excluding steroid dienone is 4. The maximum absolute atomic E-state index is 13.1. The van der Waals surface area contributed by atoms with Crippen molar-refractivity contribution in [3.05, 3.63) is 24.3 Å². The van der Waals surface area contributed by atoms with Crippen LogP contribution in [0.5, 0.6) is 0 Å². The molecule has 5 unspecified atom stereocenters. The molecule has 0 aliphatic heterocycles. The van der Waals surface area contributed by atoms with Gasteiger partial charge < -0.3 is 33.8 Å². The van der Waals surface area contributed by atoms with E-state index in [1.165, 1.54) is 167 Å². The molecule has 5 atom stereocenters. The average molecular weight is 1380 g/mol. The van der Waals surface area contributed by atoms with Crippen LogP contribution in [0.4, 0.5) is 0 Å². The van der Waals surface area contributed by atoms with Crippen LogP contribution >= 0.6 is 15.6 Å². The Morgan fingerprint density at radius 2 is 0.489 bits per heavy atom. The Morgan fingerprint density at radius 1 is 0.287 bits per heavy atom. The summed E-state index contributed by atoms with van der Waals surface area (Å²) in [4.78, 5) is 72.7. The van der Waals surface area contributed by atoms with E-state index in [9.17, 15) is 43.2 Å². The first-order chi connectivity index (χ1) is 45.7. The zero-order valence-corrected chi connectivity index (χ0v) is 62.2. The Bertz CT molecular complexity index is 1880. The summed E-state index contributed by atoms with van der Waals surface area (Å²) >= 11 is 0. The Balaban J connectivity index is 5.27.